The van der Waals surface area contributed by atoms with E-state index >= 15 is 0 Å². The van der Waals surface area contributed by atoms with Gasteiger partial charge in [-0.25, -0.2) is 9.36 Å². The van der Waals surface area contributed by atoms with Crippen LogP contribution in [-0.2, 0) is 4.79 Å². The van der Waals surface area contributed by atoms with Crippen molar-refractivity contribution in [3.05, 3.63) is 69.4 Å². The average Bonchev–Trinajstić information content (AvgIpc) is 2.76. The lowest BCUT2D eigenvalue weighted by Crippen LogP contribution is -2.45. The molecule has 0 bridgehead atoms. The van der Waals surface area contributed by atoms with Crippen LogP contribution < -0.4 is 21.3 Å². The number of hydrogen-bond acceptors (Lipinski definition) is 4. The third-order valence-electron chi connectivity index (χ3n) is 5.33. The average molecular weight is 409 g/mol. The molecular formula is C23H27N3O4. The maximum Gasteiger partial charge on any atom is 0.336 e. The van der Waals surface area contributed by atoms with Crippen molar-refractivity contribution in [3.63, 3.8) is 0 Å². The molecule has 30 heavy (non-hydrogen) atoms. The minimum absolute atomic E-state index is 0.0130. The van der Waals surface area contributed by atoms with Gasteiger partial charge in [-0.3, -0.25) is 14.2 Å². The van der Waals surface area contributed by atoms with Gasteiger partial charge in [-0.1, -0.05) is 26.0 Å². The molecule has 7 nitrogen and oxygen atoms in total. The highest BCUT2D eigenvalue weighted by molar-refractivity contribution is 5.84. The molecule has 1 amide bonds. The third kappa shape index (κ3) is 3.87. The van der Waals surface area contributed by atoms with Gasteiger partial charge in [-0.05, 0) is 56.2 Å². The monoisotopic (exact) mass is 409 g/mol. The van der Waals surface area contributed by atoms with Gasteiger partial charge in [-0.15, -0.1) is 0 Å². The molecule has 0 aliphatic carbocycles. The third-order valence-corrected chi connectivity index (χ3v) is 5.33. The molecule has 2 atom stereocenters. The van der Waals surface area contributed by atoms with Gasteiger partial charge in [0.1, 0.15) is 11.8 Å². The van der Waals surface area contributed by atoms with Gasteiger partial charge in [0.2, 0.25) is 5.91 Å². The SMILES string of the molecule is CCC(C)NC(=O)C(CC)n1c(=O)n(-c2ccc(OC)cc2)c(=O)c2ccccc21. The minimum Gasteiger partial charge on any atom is -0.497 e. The summed E-state index contributed by atoms with van der Waals surface area (Å²) in [4.78, 5) is 39.7. The summed E-state index contributed by atoms with van der Waals surface area (Å²) in [7, 11) is 1.55. The number of para-hydroxylation sites is 1. The summed E-state index contributed by atoms with van der Waals surface area (Å²) in [5.41, 5.74) is -0.102. The smallest absolute Gasteiger partial charge is 0.336 e. The van der Waals surface area contributed by atoms with Crippen LogP contribution in [0.4, 0.5) is 0 Å². The quantitative estimate of drug-likeness (QED) is 0.650. The zero-order valence-electron chi connectivity index (χ0n) is 17.7. The van der Waals surface area contributed by atoms with Crippen molar-refractivity contribution >= 4 is 16.8 Å². The maximum absolute atomic E-state index is 13.5. The molecular weight excluding hydrogens is 382 g/mol. The van der Waals surface area contributed by atoms with Crippen molar-refractivity contribution in [2.24, 2.45) is 0 Å². The Hall–Kier alpha value is -3.35. The highest BCUT2D eigenvalue weighted by Gasteiger charge is 2.25. The number of hydrogen-bond donors (Lipinski definition) is 1. The number of nitrogens with zero attached hydrogens (tertiary/aromatic N) is 2. The molecule has 7 heteroatoms. The lowest BCUT2D eigenvalue weighted by molar-refractivity contribution is -0.125. The van der Waals surface area contributed by atoms with E-state index in [4.69, 9.17) is 4.74 Å². The van der Waals surface area contributed by atoms with Gasteiger partial charge in [0, 0.05) is 6.04 Å². The first-order valence-corrected chi connectivity index (χ1v) is 10.1. The Morgan fingerprint density at radius 1 is 1.03 bits per heavy atom. The zero-order valence-corrected chi connectivity index (χ0v) is 17.7. The summed E-state index contributed by atoms with van der Waals surface area (Å²) >= 11 is 0. The van der Waals surface area contributed by atoms with Crippen molar-refractivity contribution in [1.82, 2.24) is 14.5 Å². The van der Waals surface area contributed by atoms with Crippen LogP contribution in [0.2, 0.25) is 0 Å². The number of nitrogens with one attached hydrogen (secondary N) is 1. The van der Waals surface area contributed by atoms with Gasteiger partial charge in [0.25, 0.3) is 5.56 Å². The standard InChI is InChI=1S/C23H27N3O4/c1-5-15(3)24-21(27)19(6-2)26-20-10-8-7-9-18(20)22(28)25(23(26)29)16-11-13-17(30-4)14-12-16/h7-15,19H,5-6H2,1-4H3,(H,24,27). The summed E-state index contributed by atoms with van der Waals surface area (Å²) in [6, 6.07) is 12.8. The molecule has 3 aromatic rings. The van der Waals surface area contributed by atoms with Crippen LogP contribution in [0.15, 0.2) is 58.1 Å². The Morgan fingerprint density at radius 3 is 2.30 bits per heavy atom. The number of methoxy groups -OCH3 is 1. The molecule has 1 N–H and O–H groups in total. The highest BCUT2D eigenvalue weighted by Crippen LogP contribution is 2.19. The van der Waals surface area contributed by atoms with Crippen LogP contribution >= 0.6 is 0 Å². The van der Waals surface area contributed by atoms with E-state index in [9.17, 15) is 14.4 Å². The van der Waals surface area contributed by atoms with Crippen LogP contribution in [0.5, 0.6) is 5.75 Å². The molecule has 0 aliphatic heterocycles. The van der Waals surface area contributed by atoms with Crippen molar-refractivity contribution in [1.29, 1.82) is 0 Å². The second-order valence-corrected chi connectivity index (χ2v) is 7.25. The summed E-state index contributed by atoms with van der Waals surface area (Å²) in [6.45, 7) is 5.76. The van der Waals surface area contributed by atoms with Crippen molar-refractivity contribution in [3.8, 4) is 11.4 Å². The lowest BCUT2D eigenvalue weighted by Gasteiger charge is -2.23. The lowest BCUT2D eigenvalue weighted by atomic mass is 10.1. The van der Waals surface area contributed by atoms with E-state index in [1.54, 1.807) is 55.6 Å². The number of rotatable bonds is 7. The van der Waals surface area contributed by atoms with Crippen LogP contribution in [0, 0.1) is 0 Å². The number of carbonyl (C=O) groups is 1. The normalized spacial score (nSPS) is 13.1. The Kier molecular flexibility index (Phi) is 6.40. The number of amides is 1. The molecule has 0 saturated heterocycles. The fourth-order valence-electron chi connectivity index (χ4n) is 3.47. The fraction of sp³-hybridized carbons (Fsp3) is 0.348. The first-order valence-electron chi connectivity index (χ1n) is 10.1. The molecule has 0 radical (unpaired) electrons. The largest absolute Gasteiger partial charge is 0.497 e. The predicted molar refractivity (Wildman–Crippen MR) is 118 cm³/mol. The Bertz CT molecular complexity index is 1160. The molecule has 0 saturated carbocycles. The molecule has 158 valence electrons. The van der Waals surface area contributed by atoms with E-state index in [-0.39, 0.29) is 11.9 Å². The number of ether oxygens (including phenoxy) is 1. The summed E-state index contributed by atoms with van der Waals surface area (Å²) in [5.74, 6) is 0.381. The van der Waals surface area contributed by atoms with E-state index in [0.717, 1.165) is 11.0 Å². The Balaban J connectivity index is 2.29. The van der Waals surface area contributed by atoms with Crippen LogP contribution in [0.25, 0.3) is 16.6 Å². The molecule has 1 heterocycles. The van der Waals surface area contributed by atoms with Crippen molar-refractivity contribution in [2.75, 3.05) is 7.11 Å². The molecule has 0 aliphatic rings. The van der Waals surface area contributed by atoms with Gasteiger partial charge < -0.3 is 10.1 Å². The van der Waals surface area contributed by atoms with Gasteiger partial charge in [0.15, 0.2) is 0 Å². The van der Waals surface area contributed by atoms with E-state index < -0.39 is 17.3 Å². The first-order chi connectivity index (χ1) is 14.4. The van der Waals surface area contributed by atoms with Gasteiger partial charge in [0.05, 0.1) is 23.7 Å². The number of benzene rings is 2. The van der Waals surface area contributed by atoms with Gasteiger partial charge in [-0.2, -0.15) is 0 Å². The maximum atomic E-state index is 13.5. The van der Waals surface area contributed by atoms with E-state index in [2.05, 4.69) is 5.32 Å². The second-order valence-electron chi connectivity index (χ2n) is 7.25. The molecule has 3 rings (SSSR count). The Labute approximate surface area is 174 Å². The molecule has 1 aromatic heterocycles. The number of aromatic nitrogens is 2. The van der Waals surface area contributed by atoms with E-state index in [1.807, 2.05) is 20.8 Å². The number of fused-ring (bicyclic) bond motifs is 1. The number of carbonyl (C=O) groups excluding carboxylic acids is 1. The summed E-state index contributed by atoms with van der Waals surface area (Å²) in [6.07, 6.45) is 1.19. The summed E-state index contributed by atoms with van der Waals surface area (Å²) in [5, 5.41) is 3.33. The fourth-order valence-corrected chi connectivity index (χ4v) is 3.47. The molecule has 2 unspecified atom stereocenters. The van der Waals surface area contributed by atoms with Gasteiger partial charge >= 0.3 is 5.69 Å². The summed E-state index contributed by atoms with van der Waals surface area (Å²) < 4.78 is 7.71. The highest BCUT2D eigenvalue weighted by atomic mass is 16.5. The first kappa shape index (κ1) is 21.4. The zero-order chi connectivity index (χ0) is 21.8. The van der Waals surface area contributed by atoms with Crippen LogP contribution in [-0.4, -0.2) is 28.2 Å². The van der Waals surface area contributed by atoms with Crippen molar-refractivity contribution < 1.29 is 9.53 Å². The van der Waals surface area contributed by atoms with Crippen LogP contribution in [0.3, 0.4) is 0 Å². The molecule has 0 fully saturated rings. The van der Waals surface area contributed by atoms with E-state index in [0.29, 0.717) is 28.8 Å². The topological polar surface area (TPSA) is 82.3 Å². The molecule has 2 aromatic carbocycles. The van der Waals surface area contributed by atoms with Crippen LogP contribution in [0.1, 0.15) is 39.7 Å². The Morgan fingerprint density at radius 2 is 1.70 bits per heavy atom. The van der Waals surface area contributed by atoms with E-state index in [1.165, 1.54) is 4.57 Å². The predicted octanol–water partition coefficient (Wildman–Crippen LogP) is 3.03. The molecule has 0 spiro atoms. The minimum atomic E-state index is -0.735. The second kappa shape index (κ2) is 8.98. The van der Waals surface area contributed by atoms with Crippen molar-refractivity contribution in [2.45, 2.75) is 45.7 Å².